The number of carbonyl (C=O) groups excluding carboxylic acids is 2. The average Bonchev–Trinajstić information content (AvgIpc) is 2.43. The first-order chi connectivity index (χ1) is 11.0. The van der Waals surface area contributed by atoms with E-state index in [1.54, 1.807) is 27.7 Å². The van der Waals surface area contributed by atoms with E-state index in [0.29, 0.717) is 0 Å². The number of nitrogens with one attached hydrogen (secondary N) is 2. The highest BCUT2D eigenvalue weighted by atomic mass is 16.4. The SMILES string of the molecule is CC(C)CC(NC(=O)C(CC(=O)O)NC(=O)C(N)C(C)C)C(=O)O. The minimum atomic E-state index is -1.39. The topological polar surface area (TPSA) is 159 Å². The summed E-state index contributed by atoms with van der Waals surface area (Å²) >= 11 is 0. The molecule has 9 nitrogen and oxygen atoms in total. The van der Waals surface area contributed by atoms with Crippen LogP contribution in [-0.4, -0.2) is 52.1 Å². The van der Waals surface area contributed by atoms with Gasteiger partial charge in [0.15, 0.2) is 0 Å². The van der Waals surface area contributed by atoms with E-state index in [1.807, 2.05) is 0 Å². The van der Waals surface area contributed by atoms with Gasteiger partial charge in [-0.1, -0.05) is 27.7 Å². The van der Waals surface area contributed by atoms with Gasteiger partial charge >= 0.3 is 11.9 Å². The van der Waals surface area contributed by atoms with E-state index in [0.717, 1.165) is 0 Å². The smallest absolute Gasteiger partial charge is 0.326 e. The maximum Gasteiger partial charge on any atom is 0.326 e. The van der Waals surface area contributed by atoms with Gasteiger partial charge in [-0.3, -0.25) is 14.4 Å². The molecular weight excluding hydrogens is 318 g/mol. The van der Waals surface area contributed by atoms with Gasteiger partial charge in [-0.25, -0.2) is 4.79 Å². The van der Waals surface area contributed by atoms with Crippen LogP contribution in [0, 0.1) is 11.8 Å². The van der Waals surface area contributed by atoms with Crippen LogP contribution in [-0.2, 0) is 19.2 Å². The third-order valence-corrected chi connectivity index (χ3v) is 3.35. The van der Waals surface area contributed by atoms with Crippen molar-refractivity contribution in [1.29, 1.82) is 0 Å². The number of rotatable bonds is 10. The standard InChI is InChI=1S/C15H27N3O6/c1-7(2)5-10(15(23)24)18-13(21)9(6-11(19)20)17-14(22)12(16)8(3)4/h7-10,12H,5-6,16H2,1-4H3,(H,17,22)(H,18,21)(H,19,20)(H,23,24). The molecule has 138 valence electrons. The Morgan fingerprint density at radius 1 is 0.917 bits per heavy atom. The predicted molar refractivity (Wildman–Crippen MR) is 86.0 cm³/mol. The highest BCUT2D eigenvalue weighted by Gasteiger charge is 2.30. The molecule has 0 fully saturated rings. The Morgan fingerprint density at radius 3 is 1.79 bits per heavy atom. The van der Waals surface area contributed by atoms with E-state index in [9.17, 15) is 19.2 Å². The van der Waals surface area contributed by atoms with Crippen molar-refractivity contribution in [3.8, 4) is 0 Å². The van der Waals surface area contributed by atoms with Crippen molar-refractivity contribution in [1.82, 2.24) is 10.6 Å². The number of aliphatic carboxylic acids is 2. The number of hydrogen-bond donors (Lipinski definition) is 5. The first-order valence-electron chi connectivity index (χ1n) is 7.76. The van der Waals surface area contributed by atoms with Gasteiger partial charge in [-0.2, -0.15) is 0 Å². The second kappa shape index (κ2) is 9.86. The Labute approximate surface area is 141 Å². The molecule has 9 heteroatoms. The second-order valence-electron chi connectivity index (χ2n) is 6.46. The van der Waals surface area contributed by atoms with Crippen molar-refractivity contribution in [3.63, 3.8) is 0 Å². The lowest BCUT2D eigenvalue weighted by Crippen LogP contribution is -2.56. The van der Waals surface area contributed by atoms with Crippen LogP contribution in [0.4, 0.5) is 0 Å². The van der Waals surface area contributed by atoms with Crippen LogP contribution in [0.1, 0.15) is 40.5 Å². The second-order valence-corrected chi connectivity index (χ2v) is 6.46. The Hall–Kier alpha value is -2.16. The minimum absolute atomic E-state index is 0.00766. The van der Waals surface area contributed by atoms with Gasteiger partial charge in [-0.05, 0) is 18.3 Å². The van der Waals surface area contributed by atoms with Crippen LogP contribution in [0.15, 0.2) is 0 Å². The molecule has 0 rings (SSSR count). The zero-order valence-electron chi connectivity index (χ0n) is 14.4. The van der Waals surface area contributed by atoms with Crippen molar-refractivity contribution in [2.45, 2.75) is 58.7 Å². The number of nitrogens with two attached hydrogens (primary N) is 1. The quantitative estimate of drug-likeness (QED) is 0.358. The van der Waals surface area contributed by atoms with E-state index < -0.39 is 48.3 Å². The van der Waals surface area contributed by atoms with E-state index in [2.05, 4.69) is 10.6 Å². The lowest BCUT2D eigenvalue weighted by molar-refractivity contribution is -0.143. The number of carbonyl (C=O) groups is 4. The third kappa shape index (κ3) is 7.91. The van der Waals surface area contributed by atoms with Gasteiger partial charge < -0.3 is 26.6 Å². The molecule has 0 aromatic rings. The van der Waals surface area contributed by atoms with Gasteiger partial charge in [0.2, 0.25) is 11.8 Å². The van der Waals surface area contributed by atoms with Crippen LogP contribution < -0.4 is 16.4 Å². The Balaban J connectivity index is 5.08. The number of carboxylic acids is 2. The van der Waals surface area contributed by atoms with Gasteiger partial charge in [0, 0.05) is 0 Å². The van der Waals surface area contributed by atoms with Gasteiger partial charge in [0.25, 0.3) is 0 Å². The molecule has 24 heavy (non-hydrogen) atoms. The van der Waals surface area contributed by atoms with E-state index in [1.165, 1.54) is 0 Å². The molecule has 0 saturated heterocycles. The van der Waals surface area contributed by atoms with Gasteiger partial charge in [0.1, 0.15) is 12.1 Å². The Bertz CT molecular complexity index is 478. The molecular formula is C15H27N3O6. The summed E-state index contributed by atoms with van der Waals surface area (Å²) in [5.74, 6) is -4.25. The summed E-state index contributed by atoms with van der Waals surface area (Å²) in [5.41, 5.74) is 5.67. The lowest BCUT2D eigenvalue weighted by atomic mass is 10.0. The largest absolute Gasteiger partial charge is 0.481 e. The fraction of sp³-hybridized carbons (Fsp3) is 0.733. The summed E-state index contributed by atoms with van der Waals surface area (Å²) < 4.78 is 0. The summed E-state index contributed by atoms with van der Waals surface area (Å²) in [4.78, 5) is 46.3. The molecule has 6 N–H and O–H groups in total. The lowest BCUT2D eigenvalue weighted by Gasteiger charge is -2.23. The Kier molecular flexibility index (Phi) is 8.97. The highest BCUT2D eigenvalue weighted by Crippen LogP contribution is 2.06. The number of carboxylic acid groups (broad SMARTS) is 2. The van der Waals surface area contributed by atoms with E-state index >= 15 is 0 Å². The molecule has 0 heterocycles. The van der Waals surface area contributed by atoms with Gasteiger partial charge in [0.05, 0.1) is 12.5 Å². The van der Waals surface area contributed by atoms with Gasteiger partial charge in [-0.15, -0.1) is 0 Å². The molecule has 3 unspecified atom stereocenters. The molecule has 0 aromatic carbocycles. The van der Waals surface area contributed by atoms with Crippen LogP contribution >= 0.6 is 0 Å². The monoisotopic (exact) mass is 345 g/mol. The van der Waals surface area contributed by atoms with Crippen molar-refractivity contribution in [2.24, 2.45) is 17.6 Å². The highest BCUT2D eigenvalue weighted by molar-refractivity contribution is 5.93. The van der Waals surface area contributed by atoms with Crippen molar-refractivity contribution in [2.75, 3.05) is 0 Å². The van der Waals surface area contributed by atoms with Crippen molar-refractivity contribution in [3.05, 3.63) is 0 Å². The molecule has 0 saturated carbocycles. The molecule has 0 bridgehead atoms. The first-order valence-corrected chi connectivity index (χ1v) is 7.76. The maximum atomic E-state index is 12.2. The molecule has 0 aromatic heterocycles. The zero-order chi connectivity index (χ0) is 19.0. The van der Waals surface area contributed by atoms with Crippen LogP contribution in [0.5, 0.6) is 0 Å². The maximum absolute atomic E-state index is 12.2. The predicted octanol–water partition coefficient (Wildman–Crippen LogP) is -0.455. The number of amides is 2. The average molecular weight is 345 g/mol. The minimum Gasteiger partial charge on any atom is -0.481 e. The third-order valence-electron chi connectivity index (χ3n) is 3.35. The molecule has 0 radical (unpaired) electrons. The summed E-state index contributed by atoms with van der Waals surface area (Å²) in [6.45, 7) is 7.00. The molecule has 3 atom stereocenters. The normalized spacial score (nSPS) is 14.8. The fourth-order valence-corrected chi connectivity index (χ4v) is 1.92. The zero-order valence-corrected chi connectivity index (χ0v) is 14.4. The summed E-state index contributed by atoms with van der Waals surface area (Å²) in [5, 5.41) is 22.6. The first kappa shape index (κ1) is 21.8. The van der Waals surface area contributed by atoms with Crippen LogP contribution in [0.2, 0.25) is 0 Å². The number of hydrogen-bond acceptors (Lipinski definition) is 5. The molecule has 2 amide bonds. The van der Waals surface area contributed by atoms with Crippen molar-refractivity contribution >= 4 is 23.8 Å². The molecule has 0 aliphatic carbocycles. The van der Waals surface area contributed by atoms with Crippen molar-refractivity contribution < 1.29 is 29.4 Å². The van der Waals surface area contributed by atoms with E-state index in [4.69, 9.17) is 15.9 Å². The summed E-state index contributed by atoms with van der Waals surface area (Å²) in [6, 6.07) is -3.46. The fourth-order valence-electron chi connectivity index (χ4n) is 1.92. The molecule has 0 aliphatic rings. The summed E-state index contributed by atoms with van der Waals surface area (Å²) in [6.07, 6.45) is -0.489. The Morgan fingerprint density at radius 2 is 1.42 bits per heavy atom. The van der Waals surface area contributed by atoms with Crippen LogP contribution in [0.3, 0.4) is 0 Å². The molecule has 0 spiro atoms. The summed E-state index contributed by atoms with van der Waals surface area (Å²) in [7, 11) is 0. The van der Waals surface area contributed by atoms with E-state index in [-0.39, 0.29) is 18.3 Å². The van der Waals surface area contributed by atoms with Crippen LogP contribution in [0.25, 0.3) is 0 Å². The molecule has 0 aliphatic heterocycles.